The van der Waals surface area contributed by atoms with E-state index in [2.05, 4.69) is 10.0 Å². The van der Waals surface area contributed by atoms with E-state index in [1.54, 1.807) is 18.2 Å². The van der Waals surface area contributed by atoms with E-state index >= 15 is 0 Å². The SMILES string of the molecule is O=C(/C=C/c1cccc2ccccc12)Nc1ccc(S(=O)(=O)NCCc2ccccc2)cc1. The van der Waals surface area contributed by atoms with Gasteiger partial charge in [0.25, 0.3) is 0 Å². The summed E-state index contributed by atoms with van der Waals surface area (Å²) in [5.41, 5.74) is 2.53. The molecular formula is C27H24N2O3S. The first-order valence-corrected chi connectivity index (χ1v) is 12.1. The lowest BCUT2D eigenvalue weighted by molar-refractivity contribution is -0.111. The predicted octanol–water partition coefficient (Wildman–Crippen LogP) is 5.01. The number of sulfonamides is 1. The normalized spacial score (nSPS) is 11.6. The zero-order valence-electron chi connectivity index (χ0n) is 17.9. The van der Waals surface area contributed by atoms with Crippen molar-refractivity contribution in [1.29, 1.82) is 0 Å². The Morgan fingerprint density at radius 2 is 1.48 bits per heavy atom. The second-order valence-electron chi connectivity index (χ2n) is 7.55. The highest BCUT2D eigenvalue weighted by molar-refractivity contribution is 7.89. The molecule has 4 aromatic rings. The summed E-state index contributed by atoms with van der Waals surface area (Å²) in [5.74, 6) is -0.292. The molecule has 0 aromatic heterocycles. The van der Waals surface area contributed by atoms with Crippen LogP contribution in [0.4, 0.5) is 5.69 Å². The number of rotatable bonds is 8. The molecule has 0 heterocycles. The van der Waals surface area contributed by atoms with Crippen molar-refractivity contribution in [3.63, 3.8) is 0 Å². The van der Waals surface area contributed by atoms with Crippen LogP contribution < -0.4 is 10.0 Å². The number of fused-ring (bicyclic) bond motifs is 1. The Kier molecular flexibility index (Phi) is 6.98. The van der Waals surface area contributed by atoms with Crippen molar-refractivity contribution in [3.8, 4) is 0 Å². The molecule has 0 saturated heterocycles. The summed E-state index contributed by atoms with van der Waals surface area (Å²) in [5, 5.41) is 4.94. The van der Waals surface area contributed by atoms with Gasteiger partial charge >= 0.3 is 0 Å². The molecule has 0 aliphatic heterocycles. The zero-order chi connectivity index (χ0) is 23.1. The minimum absolute atomic E-state index is 0.153. The highest BCUT2D eigenvalue weighted by Gasteiger charge is 2.13. The first-order chi connectivity index (χ1) is 16.0. The molecule has 166 valence electrons. The number of amides is 1. The molecule has 0 saturated carbocycles. The molecule has 4 rings (SSSR count). The van der Waals surface area contributed by atoms with Crippen LogP contribution in [-0.4, -0.2) is 20.9 Å². The largest absolute Gasteiger partial charge is 0.323 e. The fraction of sp³-hybridized carbons (Fsp3) is 0.0741. The summed E-state index contributed by atoms with van der Waals surface area (Å²) in [7, 11) is -3.62. The standard InChI is InChI=1S/C27H24N2O3S/c30-27(18-13-23-11-6-10-22-9-4-5-12-26(22)23)29-24-14-16-25(17-15-24)33(31,32)28-20-19-21-7-2-1-3-8-21/h1-18,28H,19-20H2,(H,29,30)/b18-13+. The van der Waals surface area contributed by atoms with Crippen LogP contribution in [0.5, 0.6) is 0 Å². The average molecular weight is 457 g/mol. The monoisotopic (exact) mass is 456 g/mol. The maximum atomic E-state index is 12.5. The molecule has 0 radical (unpaired) electrons. The quantitative estimate of drug-likeness (QED) is 0.366. The lowest BCUT2D eigenvalue weighted by Crippen LogP contribution is -2.26. The summed E-state index contributed by atoms with van der Waals surface area (Å²) in [6, 6.07) is 29.7. The number of nitrogens with one attached hydrogen (secondary N) is 2. The van der Waals surface area contributed by atoms with Crippen LogP contribution in [0.15, 0.2) is 108 Å². The van der Waals surface area contributed by atoms with Gasteiger partial charge in [-0.2, -0.15) is 0 Å². The third-order valence-corrected chi connectivity index (χ3v) is 6.70. The maximum absolute atomic E-state index is 12.5. The van der Waals surface area contributed by atoms with Gasteiger partial charge in [0.1, 0.15) is 0 Å². The van der Waals surface area contributed by atoms with Crippen molar-refractivity contribution in [1.82, 2.24) is 4.72 Å². The number of hydrogen-bond acceptors (Lipinski definition) is 3. The molecule has 5 nitrogen and oxygen atoms in total. The Morgan fingerprint density at radius 3 is 2.27 bits per heavy atom. The van der Waals surface area contributed by atoms with Gasteiger partial charge in [0.15, 0.2) is 0 Å². The van der Waals surface area contributed by atoms with Gasteiger partial charge in [-0.15, -0.1) is 0 Å². The molecule has 2 N–H and O–H groups in total. The third kappa shape index (κ3) is 5.94. The summed E-state index contributed by atoms with van der Waals surface area (Å²) >= 11 is 0. The van der Waals surface area contributed by atoms with Crippen LogP contribution in [0.25, 0.3) is 16.8 Å². The highest BCUT2D eigenvalue weighted by Crippen LogP contribution is 2.20. The smallest absolute Gasteiger partial charge is 0.248 e. The topological polar surface area (TPSA) is 75.3 Å². The van der Waals surface area contributed by atoms with E-state index in [4.69, 9.17) is 0 Å². The van der Waals surface area contributed by atoms with Crippen LogP contribution in [0.1, 0.15) is 11.1 Å². The molecule has 4 aromatic carbocycles. The molecule has 1 amide bonds. The van der Waals surface area contributed by atoms with Crippen molar-refractivity contribution in [3.05, 3.63) is 114 Å². The first kappa shape index (κ1) is 22.5. The van der Waals surface area contributed by atoms with Crippen molar-refractivity contribution in [2.45, 2.75) is 11.3 Å². The van der Waals surface area contributed by atoms with Crippen LogP contribution in [0.3, 0.4) is 0 Å². The Labute approximate surface area is 193 Å². The van der Waals surface area contributed by atoms with E-state index < -0.39 is 10.0 Å². The van der Waals surface area contributed by atoms with E-state index in [0.29, 0.717) is 18.7 Å². The molecular weight excluding hydrogens is 432 g/mol. The highest BCUT2D eigenvalue weighted by atomic mass is 32.2. The van der Waals surface area contributed by atoms with Gasteiger partial charge in [0.05, 0.1) is 4.90 Å². The van der Waals surface area contributed by atoms with Gasteiger partial charge in [-0.1, -0.05) is 72.8 Å². The number of benzene rings is 4. The minimum Gasteiger partial charge on any atom is -0.323 e. The van der Waals surface area contributed by atoms with Gasteiger partial charge in [-0.05, 0) is 58.7 Å². The van der Waals surface area contributed by atoms with Gasteiger partial charge in [0.2, 0.25) is 15.9 Å². The van der Waals surface area contributed by atoms with E-state index in [-0.39, 0.29) is 10.8 Å². The summed E-state index contributed by atoms with van der Waals surface area (Å²) < 4.78 is 27.6. The molecule has 0 fully saturated rings. The summed E-state index contributed by atoms with van der Waals surface area (Å²) in [6.07, 6.45) is 3.85. The van der Waals surface area contributed by atoms with Crippen LogP contribution in [0.2, 0.25) is 0 Å². The third-order valence-electron chi connectivity index (χ3n) is 5.22. The van der Waals surface area contributed by atoms with Crippen molar-refractivity contribution < 1.29 is 13.2 Å². The molecule has 0 spiro atoms. The second kappa shape index (κ2) is 10.3. The van der Waals surface area contributed by atoms with Gasteiger partial charge < -0.3 is 5.32 Å². The first-order valence-electron chi connectivity index (χ1n) is 10.6. The number of carbonyl (C=O) groups is 1. The number of anilines is 1. The Bertz CT molecular complexity index is 1370. The second-order valence-corrected chi connectivity index (χ2v) is 9.32. The van der Waals surface area contributed by atoms with Gasteiger partial charge in [0, 0.05) is 18.3 Å². The molecule has 0 atom stereocenters. The van der Waals surface area contributed by atoms with E-state index in [0.717, 1.165) is 21.9 Å². The number of carbonyl (C=O) groups excluding carboxylic acids is 1. The maximum Gasteiger partial charge on any atom is 0.248 e. The lowest BCUT2D eigenvalue weighted by atomic mass is 10.0. The fourth-order valence-electron chi connectivity index (χ4n) is 3.52. The molecule has 0 bridgehead atoms. The van der Waals surface area contributed by atoms with E-state index in [1.807, 2.05) is 72.8 Å². The summed E-state index contributed by atoms with van der Waals surface area (Å²) in [4.78, 5) is 12.5. The Hall–Kier alpha value is -3.74. The van der Waals surface area contributed by atoms with Crippen LogP contribution in [0, 0.1) is 0 Å². The van der Waals surface area contributed by atoms with Crippen molar-refractivity contribution in [2.24, 2.45) is 0 Å². The van der Waals surface area contributed by atoms with Crippen LogP contribution >= 0.6 is 0 Å². The zero-order valence-corrected chi connectivity index (χ0v) is 18.8. The van der Waals surface area contributed by atoms with Crippen molar-refractivity contribution in [2.75, 3.05) is 11.9 Å². The van der Waals surface area contributed by atoms with Crippen LogP contribution in [-0.2, 0) is 21.2 Å². The Morgan fingerprint density at radius 1 is 0.788 bits per heavy atom. The average Bonchev–Trinajstić information content (AvgIpc) is 2.83. The molecule has 0 aliphatic rings. The molecule has 6 heteroatoms. The van der Waals surface area contributed by atoms with Gasteiger partial charge in [-0.3, -0.25) is 4.79 Å². The van der Waals surface area contributed by atoms with Crippen molar-refractivity contribution >= 4 is 38.5 Å². The molecule has 0 aliphatic carbocycles. The van der Waals surface area contributed by atoms with E-state index in [9.17, 15) is 13.2 Å². The van der Waals surface area contributed by atoms with Gasteiger partial charge in [-0.25, -0.2) is 13.1 Å². The number of hydrogen-bond donors (Lipinski definition) is 2. The molecule has 0 unspecified atom stereocenters. The molecule has 33 heavy (non-hydrogen) atoms. The summed E-state index contributed by atoms with van der Waals surface area (Å²) in [6.45, 7) is 0.309. The fourth-order valence-corrected chi connectivity index (χ4v) is 4.55. The Balaban J connectivity index is 1.35. The predicted molar refractivity (Wildman–Crippen MR) is 133 cm³/mol. The minimum atomic E-state index is -3.62. The lowest BCUT2D eigenvalue weighted by Gasteiger charge is -2.08. The van der Waals surface area contributed by atoms with E-state index in [1.165, 1.54) is 18.2 Å².